The van der Waals surface area contributed by atoms with Gasteiger partial charge >= 0.3 is 12.1 Å². The van der Waals surface area contributed by atoms with Gasteiger partial charge in [-0.1, -0.05) is 34.1 Å². The van der Waals surface area contributed by atoms with Crippen LogP contribution in [0.25, 0.3) is 0 Å². The summed E-state index contributed by atoms with van der Waals surface area (Å²) in [7, 11) is 4.11. The first kappa shape index (κ1) is 16.1. The first-order valence-electron chi connectivity index (χ1n) is 7.05. The van der Waals surface area contributed by atoms with Crippen molar-refractivity contribution in [3.8, 4) is 0 Å². The molecule has 124 valence electrons. The topological polar surface area (TPSA) is 68.3 Å². The SMILES string of the molecule is COC(=O)[C@@H]1C[C@@]2(Br)c3ccccc3N(OC)[C@H]2N1C(=O)OC. The zero-order chi connectivity index (χ0) is 16.8. The van der Waals surface area contributed by atoms with Gasteiger partial charge in [-0.15, -0.1) is 0 Å². The second-order valence-electron chi connectivity index (χ2n) is 5.38. The van der Waals surface area contributed by atoms with Gasteiger partial charge in [-0.05, 0) is 11.6 Å². The molecule has 1 amide bonds. The van der Waals surface area contributed by atoms with Gasteiger partial charge in [-0.3, -0.25) is 9.74 Å². The van der Waals surface area contributed by atoms with Crippen LogP contribution in [0.2, 0.25) is 0 Å². The van der Waals surface area contributed by atoms with Gasteiger partial charge in [0, 0.05) is 6.42 Å². The highest BCUT2D eigenvalue weighted by Crippen LogP contribution is 2.57. The number of anilines is 1. The summed E-state index contributed by atoms with van der Waals surface area (Å²) in [6.07, 6.45) is -0.806. The Morgan fingerprint density at radius 1 is 1.22 bits per heavy atom. The van der Waals surface area contributed by atoms with Crippen LogP contribution in [0.5, 0.6) is 0 Å². The third-order valence-electron chi connectivity index (χ3n) is 4.37. The fourth-order valence-electron chi connectivity index (χ4n) is 3.44. The predicted octanol–water partition coefficient (Wildman–Crippen LogP) is 2.00. The first-order valence-corrected chi connectivity index (χ1v) is 7.84. The van der Waals surface area contributed by atoms with Crippen LogP contribution in [-0.2, 0) is 23.4 Å². The molecule has 2 heterocycles. The Hall–Kier alpha value is -1.80. The summed E-state index contributed by atoms with van der Waals surface area (Å²) >= 11 is 3.75. The van der Waals surface area contributed by atoms with Crippen molar-refractivity contribution in [2.45, 2.75) is 23.0 Å². The molecule has 0 saturated carbocycles. The molecule has 2 aliphatic heterocycles. The van der Waals surface area contributed by atoms with E-state index in [1.807, 2.05) is 24.3 Å². The Morgan fingerprint density at radius 2 is 1.91 bits per heavy atom. The second-order valence-corrected chi connectivity index (χ2v) is 6.80. The molecule has 7 nitrogen and oxygen atoms in total. The van der Waals surface area contributed by atoms with E-state index in [9.17, 15) is 9.59 Å². The quantitative estimate of drug-likeness (QED) is 0.573. The van der Waals surface area contributed by atoms with Crippen LogP contribution in [-0.4, -0.2) is 50.5 Å². The van der Waals surface area contributed by atoms with Crippen molar-refractivity contribution in [2.75, 3.05) is 26.4 Å². The highest BCUT2D eigenvalue weighted by atomic mass is 79.9. The van der Waals surface area contributed by atoms with Crippen molar-refractivity contribution in [2.24, 2.45) is 0 Å². The third kappa shape index (κ3) is 2.12. The van der Waals surface area contributed by atoms with Gasteiger partial charge in [-0.2, -0.15) is 0 Å². The maximum absolute atomic E-state index is 12.3. The zero-order valence-corrected chi connectivity index (χ0v) is 14.6. The van der Waals surface area contributed by atoms with Crippen LogP contribution < -0.4 is 5.06 Å². The zero-order valence-electron chi connectivity index (χ0n) is 13.0. The number of fused-ring (bicyclic) bond motifs is 3. The summed E-state index contributed by atoms with van der Waals surface area (Å²) in [6.45, 7) is 0. The Morgan fingerprint density at radius 3 is 2.52 bits per heavy atom. The molecule has 1 aromatic rings. The predicted molar refractivity (Wildman–Crippen MR) is 85.0 cm³/mol. The highest BCUT2D eigenvalue weighted by molar-refractivity contribution is 9.09. The Bertz CT molecular complexity index is 655. The lowest BCUT2D eigenvalue weighted by atomic mass is 9.96. The molecule has 0 radical (unpaired) electrons. The second kappa shape index (κ2) is 5.68. The van der Waals surface area contributed by atoms with Crippen LogP contribution in [0.4, 0.5) is 10.5 Å². The number of ether oxygens (including phenoxy) is 2. The number of nitrogens with zero attached hydrogens (tertiary/aromatic N) is 2. The lowest BCUT2D eigenvalue weighted by molar-refractivity contribution is -0.146. The van der Waals surface area contributed by atoms with E-state index in [2.05, 4.69) is 15.9 Å². The highest BCUT2D eigenvalue weighted by Gasteiger charge is 2.64. The molecule has 23 heavy (non-hydrogen) atoms. The number of para-hydroxylation sites is 1. The lowest BCUT2D eigenvalue weighted by Gasteiger charge is -2.34. The largest absolute Gasteiger partial charge is 0.467 e. The molecule has 1 saturated heterocycles. The van der Waals surface area contributed by atoms with E-state index in [4.69, 9.17) is 14.3 Å². The van der Waals surface area contributed by atoms with Crippen LogP contribution in [0.1, 0.15) is 12.0 Å². The molecule has 0 spiro atoms. The van der Waals surface area contributed by atoms with Gasteiger partial charge in [0.15, 0.2) is 6.17 Å². The van der Waals surface area contributed by atoms with Crippen LogP contribution in [0, 0.1) is 0 Å². The molecule has 0 bridgehead atoms. The number of likely N-dealkylation sites (tertiary alicyclic amines) is 1. The molecule has 8 heteroatoms. The average molecular weight is 385 g/mol. The maximum atomic E-state index is 12.3. The fraction of sp³-hybridized carbons (Fsp3) is 0.467. The third-order valence-corrected chi connectivity index (χ3v) is 5.53. The van der Waals surface area contributed by atoms with E-state index in [-0.39, 0.29) is 0 Å². The summed E-state index contributed by atoms with van der Waals surface area (Å²) in [4.78, 5) is 31.4. The van der Waals surface area contributed by atoms with Crippen molar-refractivity contribution in [3.63, 3.8) is 0 Å². The van der Waals surface area contributed by atoms with Gasteiger partial charge in [0.1, 0.15) is 6.04 Å². The van der Waals surface area contributed by atoms with Crippen LogP contribution in [0.3, 0.4) is 0 Å². The molecular weight excluding hydrogens is 368 g/mol. The monoisotopic (exact) mass is 384 g/mol. The van der Waals surface area contributed by atoms with Gasteiger partial charge < -0.3 is 9.47 Å². The number of esters is 1. The summed E-state index contributed by atoms with van der Waals surface area (Å²) in [6, 6.07) is 6.89. The number of methoxy groups -OCH3 is 2. The van der Waals surface area contributed by atoms with Crippen molar-refractivity contribution in [1.82, 2.24) is 4.90 Å². The lowest BCUT2D eigenvalue weighted by Crippen LogP contribution is -2.53. The molecule has 3 rings (SSSR count). The van der Waals surface area contributed by atoms with Crippen molar-refractivity contribution < 1.29 is 23.9 Å². The molecule has 2 aliphatic rings. The number of benzene rings is 1. The standard InChI is InChI=1S/C15H17BrN2O5/c1-21-12(19)11-8-15(16)9-6-4-5-7-10(9)18(23-3)13(15)17(11)14(20)22-2/h4-7,11,13H,8H2,1-3H3/t11-,13+,15+/m0/s1. The smallest absolute Gasteiger partial charge is 0.412 e. The van der Waals surface area contributed by atoms with Gasteiger partial charge in [0.05, 0.1) is 31.3 Å². The minimum Gasteiger partial charge on any atom is -0.467 e. The summed E-state index contributed by atoms with van der Waals surface area (Å²) in [5.74, 6) is -0.489. The molecule has 1 fully saturated rings. The van der Waals surface area contributed by atoms with E-state index < -0.39 is 28.6 Å². The number of hydrogen-bond donors (Lipinski definition) is 0. The number of carbonyl (C=O) groups excluding carboxylic acids is 2. The number of rotatable bonds is 2. The van der Waals surface area contributed by atoms with Gasteiger partial charge in [0.2, 0.25) is 0 Å². The summed E-state index contributed by atoms with van der Waals surface area (Å²) in [5.41, 5.74) is 1.79. The van der Waals surface area contributed by atoms with Crippen molar-refractivity contribution in [1.29, 1.82) is 0 Å². The van der Waals surface area contributed by atoms with E-state index in [0.717, 1.165) is 11.3 Å². The summed E-state index contributed by atoms with van der Waals surface area (Å²) < 4.78 is 9.09. The normalized spacial score (nSPS) is 28.3. The minimum atomic E-state index is -0.761. The van der Waals surface area contributed by atoms with E-state index in [0.29, 0.717) is 6.42 Å². The summed E-state index contributed by atoms with van der Waals surface area (Å²) in [5, 5.41) is 1.62. The number of hydrogen-bond acceptors (Lipinski definition) is 6. The van der Waals surface area contributed by atoms with Crippen molar-refractivity contribution >= 4 is 33.7 Å². The Labute approximate surface area is 142 Å². The van der Waals surface area contributed by atoms with Crippen molar-refractivity contribution in [3.05, 3.63) is 29.8 Å². The molecule has 0 N–H and O–H groups in total. The molecule has 3 atom stereocenters. The maximum Gasteiger partial charge on any atom is 0.412 e. The number of hydroxylamine groups is 1. The molecular formula is C15H17BrN2O5. The fourth-order valence-corrected chi connectivity index (χ4v) is 4.49. The molecule has 0 aliphatic carbocycles. The average Bonchev–Trinajstić information content (AvgIpc) is 3.01. The number of alkyl halides is 1. The number of amides is 1. The van der Waals surface area contributed by atoms with Gasteiger partial charge in [0.25, 0.3) is 0 Å². The van der Waals surface area contributed by atoms with Gasteiger partial charge in [-0.25, -0.2) is 14.7 Å². The van der Waals surface area contributed by atoms with E-state index in [1.54, 1.807) is 5.06 Å². The number of halogens is 1. The minimum absolute atomic E-state index is 0.357. The molecule has 0 unspecified atom stereocenters. The van der Waals surface area contributed by atoms with Crippen LogP contribution >= 0.6 is 15.9 Å². The van der Waals surface area contributed by atoms with Crippen LogP contribution in [0.15, 0.2) is 24.3 Å². The molecule has 0 aromatic heterocycles. The van der Waals surface area contributed by atoms with E-state index in [1.165, 1.54) is 26.2 Å². The Balaban J connectivity index is 2.14. The Kier molecular flexibility index (Phi) is 3.97. The first-order chi connectivity index (χ1) is 11.0. The van der Waals surface area contributed by atoms with E-state index >= 15 is 0 Å². The molecule has 1 aromatic carbocycles. The number of carbonyl (C=O) groups is 2.